The largest absolute Gasteiger partial charge is 0.368 e. The van der Waals surface area contributed by atoms with Crippen molar-refractivity contribution >= 4 is 17.4 Å². The van der Waals surface area contributed by atoms with E-state index in [1.165, 1.54) is 22.9 Å². The quantitative estimate of drug-likeness (QED) is 0.692. The van der Waals surface area contributed by atoms with Crippen LogP contribution in [0.2, 0.25) is 0 Å². The molecule has 4 aliphatic rings. The van der Waals surface area contributed by atoms with E-state index in [1.54, 1.807) is 17.2 Å². The molecular weight excluding hydrogens is 441 g/mol. The van der Waals surface area contributed by atoms with Gasteiger partial charge in [-0.1, -0.05) is 19.1 Å². The zero-order chi connectivity index (χ0) is 24.3. The fraction of sp³-hybridized carbons (Fsp3) is 0.483. The molecular formula is C29H32FN3O2. The van der Waals surface area contributed by atoms with Gasteiger partial charge in [0.1, 0.15) is 11.9 Å². The number of likely N-dealkylation sites (tertiary alicyclic amines) is 1. The maximum Gasteiger partial charge on any atom is 0.254 e. The van der Waals surface area contributed by atoms with Crippen molar-refractivity contribution in [2.24, 2.45) is 23.0 Å². The highest BCUT2D eigenvalue weighted by molar-refractivity contribution is 5.98. The number of allylic oxidation sites excluding steroid dienone is 2. The summed E-state index contributed by atoms with van der Waals surface area (Å²) in [4.78, 5) is 30.7. The van der Waals surface area contributed by atoms with Crippen LogP contribution in [0.1, 0.15) is 78.4 Å². The molecule has 1 aromatic heterocycles. The van der Waals surface area contributed by atoms with Gasteiger partial charge in [0.15, 0.2) is 0 Å². The van der Waals surface area contributed by atoms with Crippen molar-refractivity contribution in [1.29, 1.82) is 0 Å². The third-order valence-corrected chi connectivity index (χ3v) is 9.41. The van der Waals surface area contributed by atoms with Crippen LogP contribution in [0.15, 0.2) is 42.7 Å². The lowest BCUT2D eigenvalue weighted by atomic mass is 9.54. The number of rotatable bonds is 3. The highest BCUT2D eigenvalue weighted by Crippen LogP contribution is 2.63. The van der Waals surface area contributed by atoms with Crippen LogP contribution in [-0.4, -0.2) is 34.3 Å². The van der Waals surface area contributed by atoms with Crippen molar-refractivity contribution in [2.45, 2.75) is 63.8 Å². The van der Waals surface area contributed by atoms with E-state index in [0.717, 1.165) is 44.1 Å². The summed E-state index contributed by atoms with van der Waals surface area (Å²) in [7, 11) is 0. The maximum atomic E-state index is 13.9. The summed E-state index contributed by atoms with van der Waals surface area (Å²) in [5, 5.41) is 0. The smallest absolute Gasteiger partial charge is 0.254 e. The molecule has 2 aromatic rings. The van der Waals surface area contributed by atoms with Crippen LogP contribution in [0.4, 0.5) is 4.39 Å². The summed E-state index contributed by atoms with van der Waals surface area (Å²) >= 11 is 0. The third kappa shape index (κ3) is 3.52. The number of benzene rings is 1. The summed E-state index contributed by atoms with van der Waals surface area (Å²) < 4.78 is 13.9. The Morgan fingerprint density at radius 3 is 2.83 bits per heavy atom. The normalized spacial score (nSPS) is 31.4. The third-order valence-electron chi connectivity index (χ3n) is 9.41. The topological polar surface area (TPSA) is 76.3 Å². The van der Waals surface area contributed by atoms with Crippen molar-refractivity contribution in [3.8, 4) is 0 Å². The van der Waals surface area contributed by atoms with Gasteiger partial charge in [0.25, 0.3) is 5.91 Å². The van der Waals surface area contributed by atoms with E-state index in [2.05, 4.69) is 30.1 Å². The van der Waals surface area contributed by atoms with E-state index in [4.69, 9.17) is 5.73 Å². The van der Waals surface area contributed by atoms with Gasteiger partial charge in [-0.2, -0.15) is 0 Å². The average molecular weight is 474 g/mol. The van der Waals surface area contributed by atoms with Crippen LogP contribution < -0.4 is 5.73 Å². The highest BCUT2D eigenvalue weighted by Gasteiger charge is 2.52. The minimum Gasteiger partial charge on any atom is -0.368 e. The molecule has 0 bridgehead atoms. The van der Waals surface area contributed by atoms with Crippen LogP contribution in [0, 0.1) is 23.1 Å². The summed E-state index contributed by atoms with van der Waals surface area (Å²) in [5.41, 5.74) is 11.1. The van der Waals surface area contributed by atoms with Gasteiger partial charge in [-0.25, -0.2) is 4.39 Å². The van der Waals surface area contributed by atoms with Gasteiger partial charge in [0.05, 0.1) is 6.20 Å². The molecule has 2 heterocycles. The molecule has 4 unspecified atom stereocenters. The van der Waals surface area contributed by atoms with E-state index in [0.29, 0.717) is 36.3 Å². The van der Waals surface area contributed by atoms with E-state index in [1.807, 2.05) is 6.07 Å². The van der Waals surface area contributed by atoms with Crippen molar-refractivity contribution in [3.63, 3.8) is 0 Å². The standard InChI is InChI=1S/C29H32FN3O2/c1-29-11-10-22-21-6-5-18(28(35)33-12-2-3-26(33)27(31)34)13-17(21)4-7-23(22)25(29)9-8-24(29)19-14-20(30)16-32-15-19/h5-6,8,13-16,22-23,25-26H,2-4,7,9-12H2,1H3,(H2,31,34)/t22?,23?,25?,26-,29?/m0/s1. The fourth-order valence-corrected chi connectivity index (χ4v) is 7.76. The second kappa shape index (κ2) is 8.28. The molecule has 35 heavy (non-hydrogen) atoms. The van der Waals surface area contributed by atoms with Crippen LogP contribution in [0.3, 0.4) is 0 Å². The Balaban J connectivity index is 1.25. The molecule has 3 aliphatic carbocycles. The number of nitrogens with two attached hydrogens (primary N) is 1. The number of amides is 2. The first-order valence-corrected chi connectivity index (χ1v) is 12.9. The molecule has 6 heteroatoms. The Kier molecular flexibility index (Phi) is 5.31. The molecule has 1 saturated carbocycles. The first-order chi connectivity index (χ1) is 16.9. The first kappa shape index (κ1) is 22.4. The molecule has 1 aromatic carbocycles. The lowest BCUT2D eigenvalue weighted by Crippen LogP contribution is -2.44. The van der Waals surface area contributed by atoms with Gasteiger partial charge in [0, 0.05) is 18.3 Å². The van der Waals surface area contributed by atoms with Crippen molar-refractivity contribution < 1.29 is 14.0 Å². The second-order valence-electron chi connectivity index (χ2n) is 11.1. The molecule has 2 N–H and O–H groups in total. The summed E-state index contributed by atoms with van der Waals surface area (Å²) in [6, 6.07) is 7.31. The predicted octanol–water partition coefficient (Wildman–Crippen LogP) is 4.86. The van der Waals surface area contributed by atoms with Gasteiger partial charge in [-0.15, -0.1) is 0 Å². The molecule has 182 valence electrons. The molecule has 0 spiro atoms. The lowest BCUT2D eigenvalue weighted by molar-refractivity contribution is -0.121. The number of carbonyl (C=O) groups excluding carboxylic acids is 2. The van der Waals surface area contributed by atoms with Crippen molar-refractivity contribution in [1.82, 2.24) is 9.88 Å². The Hall–Kier alpha value is -3.02. The van der Waals surface area contributed by atoms with Crippen molar-refractivity contribution in [2.75, 3.05) is 6.54 Å². The van der Waals surface area contributed by atoms with Crippen LogP contribution in [0.25, 0.3) is 5.57 Å². The van der Waals surface area contributed by atoms with E-state index in [9.17, 15) is 14.0 Å². The monoisotopic (exact) mass is 473 g/mol. The number of nitrogens with zero attached hydrogens (tertiary/aromatic N) is 2. The number of hydrogen-bond acceptors (Lipinski definition) is 3. The minimum absolute atomic E-state index is 0.0452. The molecule has 2 fully saturated rings. The molecule has 1 saturated heterocycles. The van der Waals surface area contributed by atoms with Crippen LogP contribution in [0.5, 0.6) is 0 Å². The second-order valence-corrected chi connectivity index (χ2v) is 11.1. The number of fused-ring (bicyclic) bond motifs is 5. The number of primary amides is 1. The minimum atomic E-state index is -0.490. The Bertz CT molecular complexity index is 1240. The van der Waals surface area contributed by atoms with Crippen LogP contribution in [-0.2, 0) is 11.2 Å². The van der Waals surface area contributed by atoms with Gasteiger partial charge in [-0.05, 0) is 109 Å². The van der Waals surface area contributed by atoms with Gasteiger partial charge in [0.2, 0.25) is 5.91 Å². The number of aromatic nitrogens is 1. The number of aryl methyl sites for hydroxylation is 1. The van der Waals surface area contributed by atoms with Gasteiger partial charge >= 0.3 is 0 Å². The number of carbonyl (C=O) groups is 2. The summed E-state index contributed by atoms with van der Waals surface area (Å²) in [5.74, 6) is 0.828. The van der Waals surface area contributed by atoms with E-state index in [-0.39, 0.29) is 17.1 Å². The van der Waals surface area contributed by atoms with Gasteiger partial charge in [-0.3, -0.25) is 14.6 Å². The van der Waals surface area contributed by atoms with Crippen LogP contribution >= 0.6 is 0 Å². The molecule has 2 amide bonds. The average Bonchev–Trinajstić information content (AvgIpc) is 3.48. The van der Waals surface area contributed by atoms with E-state index < -0.39 is 11.9 Å². The predicted molar refractivity (Wildman–Crippen MR) is 132 cm³/mol. The molecule has 0 radical (unpaired) electrons. The number of halogens is 1. The Morgan fingerprint density at radius 1 is 1.17 bits per heavy atom. The number of pyridine rings is 1. The van der Waals surface area contributed by atoms with Gasteiger partial charge < -0.3 is 10.6 Å². The molecule has 6 rings (SSSR count). The Labute approximate surface area is 205 Å². The zero-order valence-corrected chi connectivity index (χ0v) is 20.2. The van der Waals surface area contributed by atoms with Crippen molar-refractivity contribution in [3.05, 3.63) is 70.8 Å². The molecule has 1 aliphatic heterocycles. The first-order valence-electron chi connectivity index (χ1n) is 12.9. The van der Waals surface area contributed by atoms with E-state index >= 15 is 0 Å². The molecule has 5 atom stereocenters. The maximum absolute atomic E-state index is 13.9. The molecule has 5 nitrogen and oxygen atoms in total. The highest BCUT2D eigenvalue weighted by atomic mass is 19.1. The SMILES string of the molecule is CC12CCC3c4ccc(C(=O)N5CCC[C@H]5C(N)=O)cc4CCC3C1CC=C2c1cncc(F)c1. The summed E-state index contributed by atoms with van der Waals surface area (Å²) in [6.45, 7) is 2.95. The summed E-state index contributed by atoms with van der Waals surface area (Å²) in [6.07, 6.45) is 12.1. The fourth-order valence-electron chi connectivity index (χ4n) is 7.76. The zero-order valence-electron chi connectivity index (χ0n) is 20.2. The number of hydrogen-bond donors (Lipinski definition) is 1. The Morgan fingerprint density at radius 2 is 2.03 bits per heavy atom. The lowest BCUT2D eigenvalue weighted by Gasteiger charge is -2.50.